The molecule has 0 radical (unpaired) electrons. The fourth-order valence-corrected chi connectivity index (χ4v) is 9.47. The lowest BCUT2D eigenvalue weighted by atomic mass is 10.1. The van der Waals surface area contributed by atoms with Crippen molar-refractivity contribution in [2.24, 2.45) is 9.98 Å². The number of methoxy groups -OCH3 is 2. The molecule has 2 atom stereocenters. The summed E-state index contributed by atoms with van der Waals surface area (Å²) in [7, 11) is 3.35. The first-order valence-electron chi connectivity index (χ1n) is 18.1. The molecular formula is C38H44N6O6S2. The summed E-state index contributed by atoms with van der Waals surface area (Å²) in [4.78, 5) is 42.4. The summed E-state index contributed by atoms with van der Waals surface area (Å²) in [6, 6.07) is 12.5. The van der Waals surface area contributed by atoms with E-state index in [0.717, 1.165) is 92.2 Å². The number of carbonyl (C=O) groups is 2. The van der Waals surface area contributed by atoms with Crippen LogP contribution >= 0.6 is 23.5 Å². The number of aromatic amines is 2. The number of benzene rings is 2. The van der Waals surface area contributed by atoms with Crippen LogP contribution in [0.15, 0.2) is 46.4 Å². The molecule has 52 heavy (non-hydrogen) atoms. The van der Waals surface area contributed by atoms with Crippen LogP contribution in [0, 0.1) is 0 Å². The predicted molar refractivity (Wildman–Crippen MR) is 209 cm³/mol. The minimum atomic E-state index is -0.563. The number of aliphatic imine (C=N–C) groups is 2. The molecule has 3 aliphatic heterocycles. The maximum absolute atomic E-state index is 12.8. The number of nitrogens with one attached hydrogen (secondary N) is 4. The van der Waals surface area contributed by atoms with Crippen molar-refractivity contribution in [1.29, 1.82) is 0 Å². The molecule has 4 aromatic rings. The molecule has 4 N–H and O–H groups in total. The number of esters is 2. The average Bonchev–Trinajstić information content (AvgIpc) is 3.99. The van der Waals surface area contributed by atoms with Crippen LogP contribution in [0.25, 0.3) is 21.8 Å². The molecule has 2 aromatic heterocycles. The van der Waals surface area contributed by atoms with E-state index in [4.69, 9.17) is 28.9 Å². The normalized spacial score (nSPS) is 21.0. The lowest BCUT2D eigenvalue weighted by Gasteiger charge is -2.24. The monoisotopic (exact) mass is 744 g/mol. The third kappa shape index (κ3) is 7.79. The largest absolute Gasteiger partial charge is 0.497 e. The van der Waals surface area contributed by atoms with Gasteiger partial charge in [0, 0.05) is 59.7 Å². The van der Waals surface area contributed by atoms with Crippen molar-refractivity contribution in [2.45, 2.75) is 75.5 Å². The molecule has 0 amide bonds. The minimum absolute atomic E-state index is 0.0382. The van der Waals surface area contributed by atoms with E-state index in [9.17, 15) is 9.59 Å². The van der Waals surface area contributed by atoms with Crippen molar-refractivity contribution in [2.75, 3.05) is 49.6 Å². The number of anilines is 2. The summed E-state index contributed by atoms with van der Waals surface area (Å²) in [5.74, 6) is 1.72. The third-order valence-electron chi connectivity index (χ3n) is 10.1. The number of thioether (sulfide) groups is 2. The Morgan fingerprint density at radius 3 is 1.69 bits per heavy atom. The van der Waals surface area contributed by atoms with Gasteiger partial charge in [0.25, 0.3) is 0 Å². The first kappa shape index (κ1) is 34.9. The molecule has 12 nitrogen and oxygen atoms in total. The van der Waals surface area contributed by atoms with Gasteiger partial charge >= 0.3 is 11.9 Å². The van der Waals surface area contributed by atoms with Gasteiger partial charge in [0.15, 0.2) is 0 Å². The number of fused-ring (bicyclic) bond motifs is 2. The number of hydrogen-bond acceptors (Lipinski definition) is 12. The second-order valence-corrected chi connectivity index (χ2v) is 15.9. The van der Waals surface area contributed by atoms with Gasteiger partial charge in [-0.1, -0.05) is 12.8 Å². The number of aromatic nitrogens is 2. The molecule has 5 heterocycles. The average molecular weight is 745 g/mol. The Bertz CT molecular complexity index is 2030. The quantitative estimate of drug-likeness (QED) is 0.0892. The maximum Gasteiger partial charge on any atom is 0.315 e. The van der Waals surface area contributed by atoms with Crippen molar-refractivity contribution in [1.82, 2.24) is 9.97 Å². The lowest BCUT2D eigenvalue weighted by molar-refractivity contribution is -0.159. The van der Waals surface area contributed by atoms with E-state index in [1.54, 1.807) is 37.7 Å². The van der Waals surface area contributed by atoms with Crippen molar-refractivity contribution in [3.63, 3.8) is 0 Å². The summed E-state index contributed by atoms with van der Waals surface area (Å²) in [5, 5.41) is 11.1. The van der Waals surface area contributed by atoms with Gasteiger partial charge < -0.3 is 39.5 Å². The van der Waals surface area contributed by atoms with Gasteiger partial charge in [0.2, 0.25) is 0 Å². The van der Waals surface area contributed by atoms with Crippen LogP contribution < -0.4 is 20.1 Å². The van der Waals surface area contributed by atoms with E-state index in [1.807, 2.05) is 24.3 Å². The molecule has 1 aliphatic carbocycles. The molecule has 2 unspecified atom stereocenters. The Morgan fingerprint density at radius 1 is 0.731 bits per heavy atom. The highest BCUT2D eigenvalue weighted by atomic mass is 32.2. The summed E-state index contributed by atoms with van der Waals surface area (Å²) in [6.45, 7) is 1.50. The molecule has 274 valence electrons. The van der Waals surface area contributed by atoms with Crippen LogP contribution in [0.2, 0.25) is 0 Å². The first-order valence-corrected chi connectivity index (χ1v) is 20.1. The molecule has 1 saturated heterocycles. The number of rotatable bonds is 12. The summed E-state index contributed by atoms with van der Waals surface area (Å²) in [5.41, 5.74) is 5.81. The number of hydrogen-bond donors (Lipinski definition) is 4. The molecule has 2 fully saturated rings. The third-order valence-corrected chi connectivity index (χ3v) is 12.4. The van der Waals surface area contributed by atoms with E-state index in [0.29, 0.717) is 23.6 Å². The van der Waals surface area contributed by atoms with Gasteiger partial charge in [0.1, 0.15) is 21.6 Å². The minimum Gasteiger partial charge on any atom is -0.497 e. The number of H-pyrrole nitrogens is 2. The van der Waals surface area contributed by atoms with Crippen LogP contribution in [0.4, 0.5) is 11.4 Å². The number of carbonyl (C=O) groups excluding carboxylic acids is 2. The van der Waals surface area contributed by atoms with Crippen LogP contribution in [0.3, 0.4) is 0 Å². The van der Waals surface area contributed by atoms with E-state index in [1.165, 1.54) is 25.7 Å². The Labute approximate surface area is 310 Å². The molecule has 14 heteroatoms. The Balaban J connectivity index is 0.875. The zero-order chi connectivity index (χ0) is 35.6. The zero-order valence-electron chi connectivity index (χ0n) is 29.4. The topological polar surface area (TPSA) is 151 Å². The summed E-state index contributed by atoms with van der Waals surface area (Å²) < 4.78 is 22.0. The Morgan fingerprint density at radius 2 is 1.21 bits per heavy atom. The summed E-state index contributed by atoms with van der Waals surface area (Å²) in [6.07, 6.45) is 6.81. The highest BCUT2D eigenvalue weighted by Crippen LogP contribution is 2.36. The first-order chi connectivity index (χ1) is 25.4. The molecule has 0 spiro atoms. The second-order valence-electron chi connectivity index (χ2n) is 13.9. The standard InChI is InChI=1S/C38H44N6O6S2/c1-47-27-11-21-13-31(43-35(21)29(17-27)39-23-5-3-4-6-23)37-41-25(19-51-37)15-33(45)50-34(46)16-26-20-52-38(42-26)32-14-22-12-28(48-2)18-30(36(22)44-32)40-24-7-9-49-10-8-24/h11-14,17-18,23-26,39-40,43-44H,3-10,15-16,19-20H2,1-2H3. The van der Waals surface area contributed by atoms with Crippen LogP contribution in [0.1, 0.15) is 62.8 Å². The van der Waals surface area contributed by atoms with Crippen LogP contribution in [-0.4, -0.2) is 95.1 Å². The van der Waals surface area contributed by atoms with E-state index < -0.39 is 11.9 Å². The van der Waals surface area contributed by atoms with Crippen LogP contribution in [-0.2, 0) is 19.1 Å². The molecule has 0 bridgehead atoms. The van der Waals surface area contributed by atoms with Crippen molar-refractivity contribution < 1.29 is 28.5 Å². The van der Waals surface area contributed by atoms with Gasteiger partial charge in [-0.2, -0.15) is 0 Å². The number of nitrogens with zero attached hydrogens (tertiary/aromatic N) is 2. The highest BCUT2D eigenvalue weighted by molar-refractivity contribution is 8.15. The molecule has 8 rings (SSSR count). The van der Waals surface area contributed by atoms with Crippen molar-refractivity contribution in [3.8, 4) is 11.5 Å². The van der Waals surface area contributed by atoms with Gasteiger partial charge in [-0.25, -0.2) is 0 Å². The van der Waals surface area contributed by atoms with Gasteiger partial charge in [-0.15, -0.1) is 23.5 Å². The van der Waals surface area contributed by atoms with Crippen molar-refractivity contribution in [3.05, 3.63) is 47.8 Å². The second kappa shape index (κ2) is 15.5. The molecular weight excluding hydrogens is 701 g/mol. The Kier molecular flexibility index (Phi) is 10.4. The van der Waals surface area contributed by atoms with Gasteiger partial charge in [-0.05, 0) is 49.9 Å². The zero-order valence-corrected chi connectivity index (χ0v) is 31.1. The Hall–Kier alpha value is -4.14. The fraction of sp³-hybridized carbons (Fsp3) is 0.474. The number of ether oxygens (including phenoxy) is 4. The fourth-order valence-electron chi connectivity index (χ4n) is 7.41. The van der Waals surface area contributed by atoms with Gasteiger partial charge in [-0.3, -0.25) is 19.6 Å². The maximum atomic E-state index is 12.8. The molecule has 1 saturated carbocycles. The van der Waals surface area contributed by atoms with E-state index in [2.05, 4.69) is 32.7 Å². The highest BCUT2D eigenvalue weighted by Gasteiger charge is 2.28. The van der Waals surface area contributed by atoms with Gasteiger partial charge in [0.05, 0.1) is 72.9 Å². The van der Waals surface area contributed by atoms with Crippen LogP contribution in [0.5, 0.6) is 11.5 Å². The van der Waals surface area contributed by atoms with Crippen molar-refractivity contribution >= 4 is 78.7 Å². The smallest absolute Gasteiger partial charge is 0.315 e. The van der Waals surface area contributed by atoms with E-state index >= 15 is 0 Å². The summed E-state index contributed by atoms with van der Waals surface area (Å²) >= 11 is 3.19. The predicted octanol–water partition coefficient (Wildman–Crippen LogP) is 6.89. The molecule has 2 aromatic carbocycles. The SMILES string of the molecule is COc1cc(NC2CCCC2)c2[nH]c(C3=NC(CC(=O)OC(=O)CC4CSC(c5cc6cc(OC)cc(NC7CCOCC7)c6[nH]5)=N4)CS3)cc2c1. The lowest BCUT2D eigenvalue weighted by Crippen LogP contribution is -2.27. The van der Waals surface area contributed by atoms with E-state index in [-0.39, 0.29) is 24.9 Å². The molecule has 4 aliphatic rings.